The van der Waals surface area contributed by atoms with Crippen LogP contribution in [0.4, 0.5) is 0 Å². The van der Waals surface area contributed by atoms with Crippen LogP contribution in [0.3, 0.4) is 0 Å². The number of H-pyrrole nitrogens is 1. The Morgan fingerprint density at radius 2 is 2.19 bits per heavy atom. The van der Waals surface area contributed by atoms with Crippen molar-refractivity contribution in [1.82, 2.24) is 20.5 Å². The van der Waals surface area contributed by atoms with Crippen molar-refractivity contribution in [3.05, 3.63) is 45.7 Å². The average Bonchev–Trinajstić information content (AvgIpc) is 3.19. The van der Waals surface area contributed by atoms with Gasteiger partial charge in [-0.15, -0.1) is 11.3 Å². The van der Waals surface area contributed by atoms with Crippen LogP contribution in [-0.4, -0.2) is 15.2 Å². The molecule has 0 fully saturated rings. The summed E-state index contributed by atoms with van der Waals surface area (Å²) in [6.45, 7) is 5.58. The molecule has 0 atom stereocenters. The third kappa shape index (κ3) is 3.22. The molecule has 110 valence electrons. The lowest BCUT2D eigenvalue weighted by Crippen LogP contribution is -2.12. The number of hydrogen-bond donors (Lipinski definition) is 2. The molecule has 0 saturated heterocycles. The van der Waals surface area contributed by atoms with E-state index < -0.39 is 0 Å². The van der Waals surface area contributed by atoms with E-state index in [9.17, 15) is 0 Å². The van der Waals surface area contributed by atoms with Gasteiger partial charge in [-0.05, 0) is 25.5 Å². The predicted molar refractivity (Wildman–Crippen MR) is 83.1 cm³/mol. The van der Waals surface area contributed by atoms with Gasteiger partial charge in [0.15, 0.2) is 5.76 Å². The summed E-state index contributed by atoms with van der Waals surface area (Å²) in [6, 6.07) is 3.91. The maximum absolute atomic E-state index is 5.64. The average molecular weight is 302 g/mol. The highest BCUT2D eigenvalue weighted by Gasteiger charge is 2.11. The van der Waals surface area contributed by atoms with E-state index in [-0.39, 0.29) is 0 Å². The van der Waals surface area contributed by atoms with Crippen LogP contribution in [0.5, 0.6) is 0 Å². The van der Waals surface area contributed by atoms with Gasteiger partial charge in [-0.2, -0.15) is 5.10 Å². The van der Waals surface area contributed by atoms with Gasteiger partial charge in [0, 0.05) is 29.7 Å². The quantitative estimate of drug-likeness (QED) is 0.733. The van der Waals surface area contributed by atoms with E-state index in [1.165, 1.54) is 4.88 Å². The lowest BCUT2D eigenvalue weighted by atomic mass is 10.2. The molecule has 21 heavy (non-hydrogen) atoms. The van der Waals surface area contributed by atoms with Crippen LogP contribution < -0.4 is 5.32 Å². The van der Waals surface area contributed by atoms with Crippen LogP contribution in [0.25, 0.3) is 11.5 Å². The Hall–Kier alpha value is -1.92. The highest BCUT2D eigenvalue weighted by molar-refractivity contribution is 7.11. The Balaban J connectivity index is 1.62. The number of rotatable bonds is 6. The van der Waals surface area contributed by atoms with Crippen molar-refractivity contribution in [3.8, 4) is 11.5 Å². The Morgan fingerprint density at radius 3 is 2.90 bits per heavy atom. The number of aromatic amines is 1. The van der Waals surface area contributed by atoms with Crippen LogP contribution in [0, 0.1) is 6.92 Å². The first-order valence-electron chi connectivity index (χ1n) is 6.99. The van der Waals surface area contributed by atoms with Crippen molar-refractivity contribution < 1.29 is 4.42 Å². The van der Waals surface area contributed by atoms with E-state index in [4.69, 9.17) is 4.42 Å². The van der Waals surface area contributed by atoms with E-state index in [1.807, 2.05) is 31.5 Å². The molecule has 3 heterocycles. The van der Waals surface area contributed by atoms with Crippen LogP contribution in [-0.2, 0) is 19.5 Å². The second kappa shape index (κ2) is 6.24. The molecule has 0 spiro atoms. The molecule has 0 aromatic carbocycles. The van der Waals surface area contributed by atoms with Gasteiger partial charge in [-0.1, -0.05) is 6.92 Å². The topological polar surface area (TPSA) is 66.7 Å². The highest BCUT2D eigenvalue weighted by atomic mass is 32.1. The number of nitrogens with zero attached hydrogens (tertiary/aromatic N) is 2. The summed E-state index contributed by atoms with van der Waals surface area (Å²) < 4.78 is 5.64. The van der Waals surface area contributed by atoms with Gasteiger partial charge in [-0.3, -0.25) is 5.10 Å². The van der Waals surface area contributed by atoms with E-state index in [2.05, 4.69) is 27.4 Å². The maximum Gasteiger partial charge on any atom is 0.152 e. The third-order valence-electron chi connectivity index (χ3n) is 3.25. The maximum atomic E-state index is 5.64. The molecule has 6 heteroatoms. The molecule has 3 aromatic rings. The molecule has 5 nitrogen and oxygen atoms in total. The number of hydrogen-bond acceptors (Lipinski definition) is 5. The summed E-state index contributed by atoms with van der Waals surface area (Å²) in [5, 5.41) is 11.6. The molecule has 0 saturated carbocycles. The summed E-state index contributed by atoms with van der Waals surface area (Å²) in [5.74, 6) is 1.72. The van der Waals surface area contributed by atoms with Crippen LogP contribution in [0.15, 0.2) is 28.9 Å². The molecule has 0 unspecified atom stereocenters. The summed E-state index contributed by atoms with van der Waals surface area (Å²) in [5.41, 5.74) is 2.03. The zero-order chi connectivity index (χ0) is 14.7. The van der Waals surface area contributed by atoms with Gasteiger partial charge in [0.2, 0.25) is 0 Å². The predicted octanol–water partition coefficient (Wildman–Crippen LogP) is 3.29. The second-order valence-corrected chi connectivity index (χ2v) is 6.06. The lowest BCUT2D eigenvalue weighted by molar-refractivity contribution is 0.545. The molecule has 0 bridgehead atoms. The fourth-order valence-corrected chi connectivity index (χ4v) is 2.96. The van der Waals surface area contributed by atoms with Gasteiger partial charge in [0.25, 0.3) is 0 Å². The fraction of sp³-hybridized carbons (Fsp3) is 0.333. The molecular formula is C15H18N4OS. The Morgan fingerprint density at radius 1 is 1.29 bits per heavy atom. The zero-order valence-corrected chi connectivity index (χ0v) is 13.0. The van der Waals surface area contributed by atoms with E-state index >= 15 is 0 Å². The summed E-state index contributed by atoms with van der Waals surface area (Å²) in [4.78, 5) is 5.73. The van der Waals surface area contributed by atoms with Gasteiger partial charge in [0.1, 0.15) is 16.5 Å². The minimum atomic E-state index is 0.729. The minimum absolute atomic E-state index is 0.729. The minimum Gasteiger partial charge on any atom is -0.460 e. The van der Waals surface area contributed by atoms with Gasteiger partial charge in [0.05, 0.1) is 6.20 Å². The molecule has 2 N–H and O–H groups in total. The smallest absolute Gasteiger partial charge is 0.152 e. The monoisotopic (exact) mass is 302 g/mol. The largest absolute Gasteiger partial charge is 0.460 e. The first kappa shape index (κ1) is 14.0. The van der Waals surface area contributed by atoms with Crippen molar-refractivity contribution in [2.45, 2.75) is 33.4 Å². The summed E-state index contributed by atoms with van der Waals surface area (Å²) in [6.07, 6.45) is 4.83. The number of aryl methyl sites for hydroxylation is 2. The third-order valence-corrected chi connectivity index (χ3v) is 4.39. The second-order valence-electron chi connectivity index (χ2n) is 4.86. The molecule has 0 aliphatic heterocycles. The molecule has 0 amide bonds. The molecule has 0 aliphatic carbocycles. The number of aromatic nitrogens is 3. The first-order valence-corrected chi connectivity index (χ1v) is 7.81. The van der Waals surface area contributed by atoms with Crippen molar-refractivity contribution in [2.75, 3.05) is 0 Å². The van der Waals surface area contributed by atoms with Crippen LogP contribution in [0.2, 0.25) is 0 Å². The van der Waals surface area contributed by atoms with Gasteiger partial charge < -0.3 is 9.73 Å². The van der Waals surface area contributed by atoms with E-state index in [0.29, 0.717) is 0 Å². The lowest BCUT2D eigenvalue weighted by Gasteiger charge is -2.02. The number of furan rings is 1. The molecule has 3 rings (SSSR count). The molecule has 3 aromatic heterocycles. The standard InChI is InChI=1S/C15H18N4OS/c1-3-12-8-17-14(21-12)9-16-6-11-7-18-19-15(11)13-5-4-10(2)20-13/h4-5,7-8,16H,3,6,9H2,1-2H3,(H,18,19). The Labute approximate surface area is 127 Å². The fourth-order valence-electron chi connectivity index (χ4n) is 2.12. The van der Waals surface area contributed by atoms with Crippen molar-refractivity contribution >= 4 is 11.3 Å². The molecule has 0 radical (unpaired) electrons. The number of thiazole rings is 1. The Bertz CT molecular complexity index is 713. The van der Waals surface area contributed by atoms with Crippen LogP contribution in [0.1, 0.15) is 28.1 Å². The SMILES string of the molecule is CCc1cnc(CNCc2cn[nH]c2-c2ccc(C)o2)s1. The summed E-state index contributed by atoms with van der Waals surface area (Å²) >= 11 is 1.76. The van der Waals surface area contributed by atoms with Crippen molar-refractivity contribution in [3.63, 3.8) is 0 Å². The Kier molecular flexibility index (Phi) is 4.17. The molecular weight excluding hydrogens is 284 g/mol. The van der Waals surface area contributed by atoms with Crippen molar-refractivity contribution in [1.29, 1.82) is 0 Å². The first-order chi connectivity index (χ1) is 10.3. The van der Waals surface area contributed by atoms with Gasteiger partial charge >= 0.3 is 0 Å². The van der Waals surface area contributed by atoms with E-state index in [1.54, 1.807) is 11.3 Å². The molecule has 0 aliphatic rings. The van der Waals surface area contributed by atoms with Gasteiger partial charge in [-0.25, -0.2) is 4.98 Å². The van der Waals surface area contributed by atoms with E-state index in [0.717, 1.165) is 47.3 Å². The number of nitrogens with one attached hydrogen (secondary N) is 2. The van der Waals surface area contributed by atoms with Crippen LogP contribution >= 0.6 is 11.3 Å². The highest BCUT2D eigenvalue weighted by Crippen LogP contribution is 2.23. The summed E-state index contributed by atoms with van der Waals surface area (Å²) in [7, 11) is 0. The van der Waals surface area contributed by atoms with Crippen molar-refractivity contribution in [2.24, 2.45) is 0 Å². The normalized spacial score (nSPS) is 11.1. The zero-order valence-electron chi connectivity index (χ0n) is 12.1.